The Balaban J connectivity index is 1.91. The molecular formula is C12H12N6O. The van der Waals surface area contributed by atoms with Crippen LogP contribution in [-0.2, 0) is 6.42 Å². The maximum atomic E-state index is 5.94. The summed E-state index contributed by atoms with van der Waals surface area (Å²) in [5, 5.41) is 15.1. The van der Waals surface area contributed by atoms with Crippen molar-refractivity contribution >= 4 is 11.3 Å². The third-order valence-electron chi connectivity index (χ3n) is 2.74. The van der Waals surface area contributed by atoms with Crippen LogP contribution in [0, 0.1) is 0 Å². The summed E-state index contributed by atoms with van der Waals surface area (Å²) in [5.74, 6) is 0.952. The minimum atomic E-state index is 0.385. The molecule has 0 aliphatic carbocycles. The molecule has 0 saturated carbocycles. The number of rotatable bonds is 3. The summed E-state index contributed by atoms with van der Waals surface area (Å²) >= 11 is 0. The van der Waals surface area contributed by atoms with E-state index in [1.54, 1.807) is 12.1 Å². The number of hydrogen-bond acceptors (Lipinski definition) is 6. The molecular weight excluding hydrogens is 244 g/mol. The highest BCUT2D eigenvalue weighted by atomic mass is 16.5. The molecule has 2 heterocycles. The number of aryl methyl sites for hydroxylation is 1. The second-order valence-electron chi connectivity index (χ2n) is 4.03. The minimum absolute atomic E-state index is 0.385. The van der Waals surface area contributed by atoms with Crippen molar-refractivity contribution in [2.24, 2.45) is 0 Å². The molecule has 0 aliphatic heterocycles. The van der Waals surface area contributed by atoms with Gasteiger partial charge in [0.2, 0.25) is 5.88 Å². The number of benzene rings is 1. The summed E-state index contributed by atoms with van der Waals surface area (Å²) in [5.41, 5.74) is 8.24. The second-order valence-corrected chi connectivity index (χ2v) is 4.03. The first-order valence-corrected chi connectivity index (χ1v) is 5.88. The van der Waals surface area contributed by atoms with Crippen LogP contribution in [0.4, 0.5) is 5.69 Å². The van der Waals surface area contributed by atoms with Gasteiger partial charge in [0.1, 0.15) is 0 Å². The zero-order valence-corrected chi connectivity index (χ0v) is 10.3. The molecule has 0 amide bonds. The fraction of sp³-hybridized carbons (Fsp3) is 0.167. The maximum Gasteiger partial charge on any atom is 0.239 e. The summed E-state index contributed by atoms with van der Waals surface area (Å²) in [4.78, 5) is 0. The van der Waals surface area contributed by atoms with Crippen LogP contribution in [0.5, 0.6) is 11.6 Å². The van der Waals surface area contributed by atoms with Crippen molar-refractivity contribution in [2.75, 3.05) is 5.73 Å². The highest BCUT2D eigenvalue weighted by Crippen LogP contribution is 2.27. The number of nitrogen functional groups attached to an aromatic ring is 1. The van der Waals surface area contributed by atoms with Gasteiger partial charge >= 0.3 is 0 Å². The van der Waals surface area contributed by atoms with E-state index >= 15 is 0 Å². The molecule has 0 bridgehead atoms. The lowest BCUT2D eigenvalue weighted by atomic mass is 10.1. The Kier molecular flexibility index (Phi) is 2.71. The zero-order valence-electron chi connectivity index (χ0n) is 10.3. The van der Waals surface area contributed by atoms with Gasteiger partial charge in [-0.25, -0.2) is 0 Å². The Hall–Kier alpha value is -2.70. The Labute approximate surface area is 109 Å². The first-order chi connectivity index (χ1) is 9.26. The van der Waals surface area contributed by atoms with E-state index in [-0.39, 0.29) is 0 Å². The van der Waals surface area contributed by atoms with Crippen LogP contribution in [0.1, 0.15) is 12.5 Å². The lowest BCUT2D eigenvalue weighted by Gasteiger charge is -2.08. The molecule has 0 unspecified atom stereocenters. The Morgan fingerprint density at radius 1 is 1.26 bits per heavy atom. The lowest BCUT2D eigenvalue weighted by Crippen LogP contribution is -1.99. The van der Waals surface area contributed by atoms with E-state index in [0.717, 1.165) is 12.0 Å². The average molecular weight is 256 g/mol. The van der Waals surface area contributed by atoms with Gasteiger partial charge < -0.3 is 10.5 Å². The normalized spacial score (nSPS) is 10.8. The fourth-order valence-corrected chi connectivity index (χ4v) is 1.71. The minimum Gasteiger partial charge on any atom is -0.435 e. The number of nitrogens with zero attached hydrogens (tertiary/aromatic N) is 5. The molecule has 2 aromatic heterocycles. The number of ether oxygens (including phenoxy) is 1. The molecule has 7 heteroatoms. The van der Waals surface area contributed by atoms with Gasteiger partial charge in [0.25, 0.3) is 0 Å². The van der Waals surface area contributed by atoms with Gasteiger partial charge in [0, 0.05) is 6.07 Å². The third-order valence-corrected chi connectivity index (χ3v) is 2.74. The Bertz CT molecular complexity index is 723. The zero-order chi connectivity index (χ0) is 13.2. The van der Waals surface area contributed by atoms with Crippen molar-refractivity contribution in [3.05, 3.63) is 35.9 Å². The van der Waals surface area contributed by atoms with Crippen LogP contribution in [-0.4, -0.2) is 25.3 Å². The van der Waals surface area contributed by atoms with Crippen molar-refractivity contribution in [3.8, 4) is 11.6 Å². The summed E-state index contributed by atoms with van der Waals surface area (Å²) < 4.78 is 6.93. The molecule has 19 heavy (non-hydrogen) atoms. The molecule has 0 aliphatic rings. The highest BCUT2D eigenvalue weighted by Gasteiger charge is 2.06. The van der Waals surface area contributed by atoms with Crippen LogP contribution in [0.3, 0.4) is 0 Å². The van der Waals surface area contributed by atoms with Crippen LogP contribution < -0.4 is 10.5 Å². The maximum absolute atomic E-state index is 5.94. The SMILES string of the molecule is CCc1ccc(Oc2ccc3nnnn3n2)c(N)c1. The van der Waals surface area contributed by atoms with Gasteiger partial charge in [-0.05, 0) is 40.6 Å². The monoisotopic (exact) mass is 256 g/mol. The topological polar surface area (TPSA) is 91.2 Å². The predicted molar refractivity (Wildman–Crippen MR) is 68.9 cm³/mol. The molecule has 3 aromatic rings. The van der Waals surface area contributed by atoms with Crippen molar-refractivity contribution in [1.82, 2.24) is 25.3 Å². The number of nitrogens with two attached hydrogens (primary N) is 1. The number of aromatic nitrogens is 5. The molecule has 0 spiro atoms. The van der Waals surface area contributed by atoms with E-state index in [2.05, 4.69) is 27.5 Å². The number of fused-ring (bicyclic) bond motifs is 1. The van der Waals surface area contributed by atoms with Gasteiger partial charge in [-0.2, -0.15) is 0 Å². The molecule has 7 nitrogen and oxygen atoms in total. The van der Waals surface area contributed by atoms with Gasteiger partial charge in [0.05, 0.1) is 5.69 Å². The van der Waals surface area contributed by atoms with E-state index in [4.69, 9.17) is 10.5 Å². The van der Waals surface area contributed by atoms with Gasteiger partial charge in [-0.1, -0.05) is 13.0 Å². The van der Waals surface area contributed by atoms with E-state index in [1.807, 2.05) is 18.2 Å². The first-order valence-electron chi connectivity index (χ1n) is 5.88. The number of tetrazole rings is 1. The summed E-state index contributed by atoms with van der Waals surface area (Å²) in [6, 6.07) is 9.11. The second kappa shape index (κ2) is 4.52. The Morgan fingerprint density at radius 2 is 2.16 bits per heavy atom. The quantitative estimate of drug-likeness (QED) is 0.713. The molecule has 3 rings (SSSR count). The van der Waals surface area contributed by atoms with E-state index in [0.29, 0.717) is 23.0 Å². The standard InChI is InChI=1S/C12H12N6O/c1-2-8-3-4-10(9(13)7-8)19-12-6-5-11-14-16-17-18(11)15-12/h3-7H,2,13H2,1H3. The van der Waals surface area contributed by atoms with E-state index < -0.39 is 0 Å². The van der Waals surface area contributed by atoms with Gasteiger partial charge in [0.15, 0.2) is 11.4 Å². The average Bonchev–Trinajstić information content (AvgIpc) is 2.88. The molecule has 1 aromatic carbocycles. The van der Waals surface area contributed by atoms with Gasteiger partial charge in [-0.15, -0.1) is 14.8 Å². The summed E-state index contributed by atoms with van der Waals surface area (Å²) in [6.45, 7) is 2.07. The van der Waals surface area contributed by atoms with E-state index in [9.17, 15) is 0 Å². The Morgan fingerprint density at radius 3 is 2.95 bits per heavy atom. The van der Waals surface area contributed by atoms with E-state index in [1.165, 1.54) is 4.63 Å². The van der Waals surface area contributed by atoms with Crippen molar-refractivity contribution < 1.29 is 4.74 Å². The molecule has 0 radical (unpaired) electrons. The van der Waals surface area contributed by atoms with Crippen molar-refractivity contribution in [2.45, 2.75) is 13.3 Å². The van der Waals surface area contributed by atoms with Crippen molar-refractivity contribution in [3.63, 3.8) is 0 Å². The molecule has 96 valence electrons. The van der Waals surface area contributed by atoms with Crippen molar-refractivity contribution in [1.29, 1.82) is 0 Å². The molecule has 0 fully saturated rings. The van der Waals surface area contributed by atoms with Crippen LogP contribution in [0.15, 0.2) is 30.3 Å². The van der Waals surface area contributed by atoms with Crippen LogP contribution in [0.2, 0.25) is 0 Å². The molecule has 2 N–H and O–H groups in total. The third kappa shape index (κ3) is 2.17. The lowest BCUT2D eigenvalue weighted by molar-refractivity contribution is 0.449. The number of anilines is 1. The van der Waals surface area contributed by atoms with Crippen LogP contribution >= 0.6 is 0 Å². The molecule has 0 saturated heterocycles. The predicted octanol–water partition coefficient (Wildman–Crippen LogP) is 1.46. The number of hydrogen-bond donors (Lipinski definition) is 1. The largest absolute Gasteiger partial charge is 0.435 e. The van der Waals surface area contributed by atoms with Crippen LogP contribution in [0.25, 0.3) is 5.65 Å². The van der Waals surface area contributed by atoms with Gasteiger partial charge in [-0.3, -0.25) is 0 Å². The highest BCUT2D eigenvalue weighted by molar-refractivity contribution is 5.55. The smallest absolute Gasteiger partial charge is 0.239 e. The summed E-state index contributed by atoms with van der Waals surface area (Å²) in [7, 11) is 0. The molecule has 0 atom stereocenters. The fourth-order valence-electron chi connectivity index (χ4n) is 1.71. The first kappa shape index (κ1) is 11.4. The summed E-state index contributed by atoms with van der Waals surface area (Å²) in [6.07, 6.45) is 0.930.